The molecule has 1 N–H and O–H groups in total. The number of hydrogen-bond acceptors (Lipinski definition) is 6. The van der Waals surface area contributed by atoms with Gasteiger partial charge in [-0.15, -0.1) is 0 Å². The molecule has 2 bridgehead atoms. The summed E-state index contributed by atoms with van der Waals surface area (Å²) in [7, 11) is 3.23. The molecule has 31 heavy (non-hydrogen) atoms. The summed E-state index contributed by atoms with van der Waals surface area (Å²) >= 11 is 5.68. The van der Waals surface area contributed by atoms with E-state index in [1.165, 1.54) is 6.07 Å². The van der Waals surface area contributed by atoms with Gasteiger partial charge in [0.25, 0.3) is 5.69 Å². The van der Waals surface area contributed by atoms with Gasteiger partial charge in [0.2, 0.25) is 0 Å². The molecule has 0 spiro atoms. The number of hydrogen-bond donors (Lipinski definition) is 1. The van der Waals surface area contributed by atoms with Crippen molar-refractivity contribution in [1.82, 2.24) is 10.2 Å². The molecule has 3 atom stereocenters. The molecule has 9 heteroatoms. The van der Waals surface area contributed by atoms with E-state index in [1.54, 1.807) is 26.4 Å². The van der Waals surface area contributed by atoms with Gasteiger partial charge >= 0.3 is 0 Å². The predicted octanol–water partition coefficient (Wildman–Crippen LogP) is 3.83. The van der Waals surface area contributed by atoms with E-state index in [4.69, 9.17) is 26.4 Å². The molecular weight excluding hydrogens is 418 g/mol. The molecule has 2 aliphatic heterocycles. The van der Waals surface area contributed by atoms with E-state index in [2.05, 4.69) is 17.1 Å². The predicted molar refractivity (Wildman–Crippen MR) is 120 cm³/mol. The van der Waals surface area contributed by atoms with Crippen molar-refractivity contribution in [1.29, 1.82) is 0 Å². The van der Waals surface area contributed by atoms with Gasteiger partial charge in [-0.05, 0) is 49.3 Å². The summed E-state index contributed by atoms with van der Waals surface area (Å²) in [6, 6.07) is 10.4. The van der Waals surface area contributed by atoms with Crippen molar-refractivity contribution in [2.75, 3.05) is 20.8 Å². The topological polar surface area (TPSA) is 86.1 Å². The normalized spacial score (nSPS) is 24.0. The third-order valence-electron chi connectivity index (χ3n) is 6.33. The smallest absolute Gasteiger partial charge is 0.270 e. The van der Waals surface area contributed by atoms with Gasteiger partial charge < -0.3 is 24.4 Å². The zero-order valence-electron chi connectivity index (χ0n) is 17.9. The molecule has 0 radical (unpaired) electrons. The minimum Gasteiger partial charge on any atom is -0.493 e. The van der Waals surface area contributed by atoms with Crippen LogP contribution in [-0.2, 0) is 6.42 Å². The zero-order valence-corrected chi connectivity index (χ0v) is 18.7. The van der Waals surface area contributed by atoms with Gasteiger partial charge in [0.1, 0.15) is 5.75 Å². The van der Waals surface area contributed by atoms with Crippen LogP contribution in [0.5, 0.6) is 17.2 Å². The van der Waals surface area contributed by atoms with Gasteiger partial charge in [0, 0.05) is 30.2 Å². The number of nitrogens with one attached hydrogen (secondary N) is 1. The monoisotopic (exact) mass is 443 g/mol. The third kappa shape index (κ3) is 3.52. The fourth-order valence-corrected chi connectivity index (χ4v) is 4.80. The zero-order chi connectivity index (χ0) is 22.3. The fraction of sp³-hybridized carbons (Fsp3) is 0.409. The summed E-state index contributed by atoms with van der Waals surface area (Å²) in [6.07, 6.45) is 0.728. The summed E-state index contributed by atoms with van der Waals surface area (Å²) in [4.78, 5) is 12.9. The molecule has 2 heterocycles. The second-order valence-electron chi connectivity index (χ2n) is 7.94. The van der Waals surface area contributed by atoms with E-state index >= 15 is 0 Å². The van der Waals surface area contributed by atoms with Crippen molar-refractivity contribution in [3.8, 4) is 17.2 Å². The summed E-state index contributed by atoms with van der Waals surface area (Å²) < 4.78 is 17.1. The maximum atomic E-state index is 11.2. The molecule has 0 aromatic heterocycles. The van der Waals surface area contributed by atoms with Crippen molar-refractivity contribution < 1.29 is 19.1 Å². The summed E-state index contributed by atoms with van der Waals surface area (Å²) in [5.41, 5.74) is 1.22. The van der Waals surface area contributed by atoms with Crippen LogP contribution in [0.15, 0.2) is 36.4 Å². The van der Waals surface area contributed by atoms with Crippen LogP contribution in [0.2, 0.25) is 0 Å². The average Bonchev–Trinajstić information content (AvgIpc) is 2.75. The SMILES string of the molecule is COc1ccc(CCN2C(=S)N[C@@H]3c4cc([N+](=O)[O-])ccc4O[C@@]2(C)[C@@H]3C)cc1OC. The van der Waals surface area contributed by atoms with Gasteiger partial charge in [0.05, 0.1) is 25.2 Å². The van der Waals surface area contributed by atoms with E-state index in [0.29, 0.717) is 28.9 Å². The Morgan fingerprint density at radius 2 is 1.97 bits per heavy atom. The molecule has 164 valence electrons. The molecule has 0 amide bonds. The number of ether oxygens (including phenoxy) is 3. The Labute approximate surface area is 186 Å². The Morgan fingerprint density at radius 1 is 1.23 bits per heavy atom. The number of nitro groups is 1. The highest BCUT2D eigenvalue weighted by Crippen LogP contribution is 2.48. The molecule has 4 rings (SSSR count). The van der Waals surface area contributed by atoms with Crippen molar-refractivity contribution >= 4 is 23.0 Å². The van der Waals surface area contributed by atoms with Crippen LogP contribution >= 0.6 is 12.2 Å². The van der Waals surface area contributed by atoms with E-state index < -0.39 is 10.6 Å². The van der Waals surface area contributed by atoms with Crippen LogP contribution < -0.4 is 19.5 Å². The van der Waals surface area contributed by atoms with Crippen LogP contribution in [0, 0.1) is 16.0 Å². The lowest BCUT2D eigenvalue weighted by atomic mass is 9.80. The van der Waals surface area contributed by atoms with Gasteiger partial charge in [-0.1, -0.05) is 13.0 Å². The minimum atomic E-state index is -0.674. The molecule has 2 aliphatic rings. The van der Waals surface area contributed by atoms with Crippen LogP contribution in [0.3, 0.4) is 0 Å². The van der Waals surface area contributed by atoms with Crippen molar-refractivity contribution in [2.45, 2.75) is 32.0 Å². The molecule has 8 nitrogen and oxygen atoms in total. The van der Waals surface area contributed by atoms with Crippen LogP contribution in [0.4, 0.5) is 5.69 Å². The number of fused-ring (bicyclic) bond motifs is 4. The van der Waals surface area contributed by atoms with Crippen LogP contribution in [0.25, 0.3) is 0 Å². The lowest BCUT2D eigenvalue weighted by Crippen LogP contribution is -2.69. The van der Waals surface area contributed by atoms with Gasteiger partial charge in [-0.3, -0.25) is 10.1 Å². The van der Waals surface area contributed by atoms with Gasteiger partial charge in [-0.25, -0.2) is 0 Å². The molecule has 1 fully saturated rings. The summed E-state index contributed by atoms with van der Waals surface area (Å²) in [6.45, 7) is 4.73. The van der Waals surface area contributed by atoms with Crippen LogP contribution in [0.1, 0.15) is 31.0 Å². The number of thiocarbonyl (C=S) groups is 1. The lowest BCUT2D eigenvalue weighted by Gasteiger charge is -2.56. The molecule has 0 saturated carbocycles. The first-order valence-electron chi connectivity index (χ1n) is 10.0. The first-order valence-corrected chi connectivity index (χ1v) is 10.5. The Hall–Kier alpha value is -3.07. The Bertz CT molecular complexity index is 1050. The average molecular weight is 444 g/mol. The number of methoxy groups -OCH3 is 2. The molecule has 1 saturated heterocycles. The highest BCUT2D eigenvalue weighted by atomic mass is 32.1. The van der Waals surface area contributed by atoms with Crippen LogP contribution in [-0.4, -0.2) is 41.4 Å². The summed E-state index contributed by atoms with van der Waals surface area (Å²) in [5, 5.41) is 15.2. The van der Waals surface area contributed by atoms with Crippen molar-refractivity contribution in [2.24, 2.45) is 5.92 Å². The molecule has 0 aliphatic carbocycles. The van der Waals surface area contributed by atoms with Crippen molar-refractivity contribution in [3.63, 3.8) is 0 Å². The number of rotatable bonds is 6. The number of nitro benzene ring substituents is 1. The Balaban J connectivity index is 1.60. The fourth-order valence-electron chi connectivity index (χ4n) is 4.40. The minimum absolute atomic E-state index is 0.0131. The third-order valence-corrected chi connectivity index (χ3v) is 6.67. The first-order chi connectivity index (χ1) is 14.8. The van der Waals surface area contributed by atoms with Gasteiger partial charge in [0.15, 0.2) is 22.3 Å². The maximum Gasteiger partial charge on any atom is 0.270 e. The van der Waals surface area contributed by atoms with E-state index in [9.17, 15) is 10.1 Å². The Kier molecular flexibility index (Phi) is 5.38. The highest BCUT2D eigenvalue weighted by molar-refractivity contribution is 7.80. The Morgan fingerprint density at radius 3 is 2.65 bits per heavy atom. The van der Waals surface area contributed by atoms with E-state index in [1.807, 2.05) is 25.1 Å². The van der Waals surface area contributed by atoms with Crippen molar-refractivity contribution in [3.05, 3.63) is 57.6 Å². The molecular formula is C22H25N3O5S. The van der Waals surface area contributed by atoms with Gasteiger partial charge in [-0.2, -0.15) is 0 Å². The lowest BCUT2D eigenvalue weighted by molar-refractivity contribution is -0.385. The molecule has 2 aromatic carbocycles. The quantitative estimate of drug-likeness (QED) is 0.410. The first kappa shape index (κ1) is 21.2. The van der Waals surface area contributed by atoms with E-state index in [0.717, 1.165) is 17.5 Å². The number of benzene rings is 2. The number of non-ortho nitro benzene ring substituents is 1. The second kappa shape index (κ2) is 7.88. The summed E-state index contributed by atoms with van der Waals surface area (Å²) in [5.74, 6) is 2.02. The largest absolute Gasteiger partial charge is 0.493 e. The highest BCUT2D eigenvalue weighted by Gasteiger charge is 2.53. The maximum absolute atomic E-state index is 11.2. The van der Waals surface area contributed by atoms with E-state index in [-0.39, 0.29) is 17.6 Å². The second-order valence-corrected chi connectivity index (χ2v) is 8.33. The standard InChI is InChI=1S/C22H25N3O5S/c1-13-20-16-12-15(25(26)27)6-8-17(16)30-22(13,2)24(21(31)23-20)10-9-14-5-7-18(28-3)19(11-14)29-4/h5-8,11-13,20H,9-10H2,1-4H3,(H,23,31)/t13-,20+,22+/m1/s1. The molecule has 0 unspecified atom stereocenters. The number of nitrogens with zero attached hydrogens (tertiary/aromatic N) is 2. The molecule has 2 aromatic rings.